The Balaban J connectivity index is 4.31. The highest BCUT2D eigenvalue weighted by atomic mass is 35.5. The molecule has 0 atom stereocenters. The summed E-state index contributed by atoms with van der Waals surface area (Å²) in [4.78, 5) is 0. The van der Waals surface area contributed by atoms with Crippen LogP contribution in [0.15, 0.2) is 27.2 Å². The zero-order valence-corrected chi connectivity index (χ0v) is 12.3. The minimum absolute atomic E-state index is 0.803. The molecule has 0 aromatic rings. The largest absolute Gasteiger partial charge is 0.237 e. The fraction of sp³-hybridized carbons (Fsp3) is 0.583. The van der Waals surface area contributed by atoms with Crippen LogP contribution < -0.4 is 0 Å². The lowest BCUT2D eigenvalue weighted by molar-refractivity contribution is 0.704. The topological polar surface area (TPSA) is 15.6 Å². The summed E-state index contributed by atoms with van der Waals surface area (Å²) in [6, 6.07) is 0. The van der Waals surface area contributed by atoms with Crippen LogP contribution in [0.25, 0.3) is 0 Å². The molecule has 0 fully saturated rings. The van der Waals surface area contributed by atoms with Crippen molar-refractivity contribution in [3.63, 3.8) is 0 Å². The molecule has 0 aromatic heterocycles. The average Bonchev–Trinajstić information content (AvgIpc) is 2.25. The zero-order chi connectivity index (χ0) is 12.6. The Bertz CT molecular complexity index is 293. The Kier molecular flexibility index (Phi) is 8.71. The molecule has 0 rings (SSSR count). The molecule has 2 nitrogen and oxygen atoms in total. The number of nitrogens with zero attached hydrogens (tertiary/aromatic N) is 2. The van der Waals surface area contributed by atoms with E-state index in [9.17, 15) is 0 Å². The smallest absolute Gasteiger partial charge is 0.0609 e. The highest BCUT2D eigenvalue weighted by Gasteiger charge is 1.98. The molecule has 0 spiro atoms. The molecule has 0 heterocycles. The van der Waals surface area contributed by atoms with Crippen LogP contribution in [0.5, 0.6) is 0 Å². The predicted molar refractivity (Wildman–Crippen MR) is 77.0 cm³/mol. The summed E-state index contributed by atoms with van der Waals surface area (Å²) in [5.74, 6) is 0. The van der Waals surface area contributed by atoms with Gasteiger partial charge in [-0.25, -0.2) is 8.70 Å². The van der Waals surface area contributed by atoms with E-state index < -0.39 is 0 Å². The van der Waals surface area contributed by atoms with Crippen LogP contribution in [0.2, 0.25) is 0 Å². The van der Waals surface area contributed by atoms with Gasteiger partial charge < -0.3 is 0 Å². The van der Waals surface area contributed by atoms with Crippen molar-refractivity contribution in [1.82, 2.24) is 4.31 Å². The first-order valence-electron chi connectivity index (χ1n) is 5.40. The summed E-state index contributed by atoms with van der Waals surface area (Å²) in [5, 5.41) is 0.842. The zero-order valence-electron chi connectivity index (χ0n) is 10.7. The first kappa shape index (κ1) is 15.8. The molecule has 0 saturated carbocycles. The van der Waals surface area contributed by atoms with Crippen LogP contribution in [-0.4, -0.2) is 24.1 Å². The van der Waals surface area contributed by atoms with Crippen LogP contribution in [0.4, 0.5) is 0 Å². The molecule has 0 aliphatic rings. The van der Waals surface area contributed by atoms with Gasteiger partial charge in [-0.1, -0.05) is 30.7 Å². The molecule has 0 aliphatic heterocycles. The molecule has 0 unspecified atom stereocenters. The summed E-state index contributed by atoms with van der Waals surface area (Å²) in [6.07, 6.45) is 5.85. The van der Waals surface area contributed by atoms with Crippen LogP contribution in [0.3, 0.4) is 0 Å². The van der Waals surface area contributed by atoms with Gasteiger partial charge in [-0.15, -0.1) is 0 Å². The lowest BCUT2D eigenvalue weighted by Crippen LogP contribution is -1.98. The Morgan fingerprint density at radius 2 is 2.06 bits per heavy atom. The van der Waals surface area contributed by atoms with Crippen molar-refractivity contribution in [2.75, 3.05) is 14.1 Å². The van der Waals surface area contributed by atoms with Gasteiger partial charge in [-0.3, -0.25) is 0 Å². The van der Waals surface area contributed by atoms with Crippen molar-refractivity contribution in [2.24, 2.45) is 4.40 Å². The van der Waals surface area contributed by atoms with Gasteiger partial charge in [0.05, 0.1) is 12.1 Å². The molecule has 92 valence electrons. The number of allylic oxidation sites excluding steroid dienone is 4. The van der Waals surface area contributed by atoms with E-state index in [0.29, 0.717) is 0 Å². The fourth-order valence-electron chi connectivity index (χ4n) is 1.07. The van der Waals surface area contributed by atoms with Gasteiger partial charge in [0.1, 0.15) is 0 Å². The maximum Gasteiger partial charge on any atom is 0.0609 e. The second-order valence-corrected chi connectivity index (χ2v) is 5.13. The van der Waals surface area contributed by atoms with Crippen molar-refractivity contribution in [1.29, 1.82) is 0 Å². The standard InChI is InChI=1S/C12H21ClN2S/c1-6-11(7-2)12(13)9-8-10(3)14-16-15(4)5/h6,9H,7-8H2,1-5H3/b11-6-,12-9+,14-10?. The van der Waals surface area contributed by atoms with E-state index in [1.165, 1.54) is 17.7 Å². The van der Waals surface area contributed by atoms with Crippen molar-refractivity contribution in [2.45, 2.75) is 33.6 Å². The molecule has 0 saturated heterocycles. The van der Waals surface area contributed by atoms with Crippen LogP contribution in [0, 0.1) is 0 Å². The Morgan fingerprint density at radius 3 is 2.50 bits per heavy atom. The highest BCUT2D eigenvalue weighted by molar-refractivity contribution is 7.95. The molecule has 0 N–H and O–H groups in total. The maximum atomic E-state index is 6.17. The van der Waals surface area contributed by atoms with Gasteiger partial charge in [0.25, 0.3) is 0 Å². The third kappa shape index (κ3) is 7.09. The second-order valence-electron chi connectivity index (χ2n) is 3.64. The van der Waals surface area contributed by atoms with E-state index in [1.54, 1.807) is 0 Å². The van der Waals surface area contributed by atoms with Gasteiger partial charge in [0.2, 0.25) is 0 Å². The summed E-state index contributed by atoms with van der Waals surface area (Å²) in [5.41, 5.74) is 2.26. The summed E-state index contributed by atoms with van der Waals surface area (Å²) in [7, 11) is 3.94. The summed E-state index contributed by atoms with van der Waals surface area (Å²) in [6.45, 7) is 6.13. The minimum atomic E-state index is 0.803. The first-order valence-corrected chi connectivity index (χ1v) is 6.51. The van der Waals surface area contributed by atoms with Crippen molar-refractivity contribution in [3.8, 4) is 0 Å². The molecule has 0 aromatic carbocycles. The van der Waals surface area contributed by atoms with E-state index in [1.807, 2.05) is 38.3 Å². The number of halogens is 1. The van der Waals surface area contributed by atoms with E-state index in [-0.39, 0.29) is 0 Å². The molecule has 0 amide bonds. The SMILES string of the molecule is C/C=C(CC)\C(Cl)=C/CC(C)=NSN(C)C. The van der Waals surface area contributed by atoms with Gasteiger partial charge in [0.15, 0.2) is 0 Å². The van der Waals surface area contributed by atoms with E-state index >= 15 is 0 Å². The van der Waals surface area contributed by atoms with Crippen molar-refractivity contribution in [3.05, 3.63) is 22.8 Å². The van der Waals surface area contributed by atoms with Crippen LogP contribution in [-0.2, 0) is 0 Å². The number of hydrogen-bond acceptors (Lipinski definition) is 3. The van der Waals surface area contributed by atoms with Crippen LogP contribution in [0.1, 0.15) is 33.6 Å². The molecule has 16 heavy (non-hydrogen) atoms. The average molecular weight is 261 g/mol. The highest BCUT2D eigenvalue weighted by Crippen LogP contribution is 2.18. The molecule has 0 bridgehead atoms. The molecule has 4 heteroatoms. The summed E-state index contributed by atoms with van der Waals surface area (Å²) >= 11 is 7.62. The molecular weight excluding hydrogens is 240 g/mol. The third-order valence-corrected chi connectivity index (χ3v) is 3.09. The Hall–Kier alpha value is -0.250. The van der Waals surface area contributed by atoms with Gasteiger partial charge >= 0.3 is 0 Å². The van der Waals surface area contributed by atoms with E-state index in [2.05, 4.69) is 17.4 Å². The van der Waals surface area contributed by atoms with Gasteiger partial charge in [0, 0.05) is 17.2 Å². The van der Waals surface area contributed by atoms with Crippen LogP contribution >= 0.6 is 23.7 Å². The normalized spacial score (nSPS) is 14.8. The van der Waals surface area contributed by atoms with Gasteiger partial charge in [-0.2, -0.15) is 0 Å². The monoisotopic (exact) mass is 260 g/mol. The second kappa shape index (κ2) is 8.85. The number of rotatable bonds is 6. The fourth-order valence-corrected chi connectivity index (χ4v) is 1.77. The minimum Gasteiger partial charge on any atom is -0.237 e. The Morgan fingerprint density at radius 1 is 1.44 bits per heavy atom. The number of hydrogen-bond donors (Lipinski definition) is 0. The van der Waals surface area contributed by atoms with Crippen molar-refractivity contribution >= 4 is 29.4 Å². The molecule has 0 aliphatic carbocycles. The summed E-state index contributed by atoms with van der Waals surface area (Å²) < 4.78 is 6.30. The van der Waals surface area contributed by atoms with Gasteiger partial charge in [-0.05, 0) is 39.9 Å². The first-order chi connectivity index (χ1) is 7.51. The third-order valence-electron chi connectivity index (χ3n) is 1.97. The maximum absolute atomic E-state index is 6.17. The Labute approximate surface area is 109 Å². The molecule has 0 radical (unpaired) electrons. The van der Waals surface area contributed by atoms with E-state index in [0.717, 1.165) is 23.6 Å². The molecular formula is C12H21ClN2S. The quantitative estimate of drug-likeness (QED) is 0.399. The predicted octanol–water partition coefficient (Wildman–Crippen LogP) is 4.44. The lowest BCUT2D eigenvalue weighted by atomic mass is 10.1. The lowest BCUT2D eigenvalue weighted by Gasteiger charge is -2.04. The van der Waals surface area contributed by atoms with E-state index in [4.69, 9.17) is 11.6 Å². The van der Waals surface area contributed by atoms with Crippen molar-refractivity contribution < 1.29 is 0 Å².